The fraction of sp³-hybridized carbons (Fsp3) is 0.419. The lowest BCUT2D eigenvalue weighted by molar-refractivity contribution is -0.154. The Balaban J connectivity index is 1.96. The summed E-state index contributed by atoms with van der Waals surface area (Å²) in [4.78, 5) is 34.2. The largest absolute Gasteiger partial charge is 0.460 e. The molecule has 0 spiro atoms. The van der Waals surface area contributed by atoms with Crippen LogP contribution in [-0.2, 0) is 41.1 Å². The Kier molecular flexibility index (Phi) is 12.3. The third-order valence-corrected chi connectivity index (χ3v) is 6.87. The summed E-state index contributed by atoms with van der Waals surface area (Å²) in [6.45, 7) is 3.97. The molecular formula is C31H30BrF9N4O3. The maximum atomic E-state index is 13.7. The molecule has 0 unspecified atom stereocenters. The smallest absolute Gasteiger partial charge is 0.416 e. The second kappa shape index (κ2) is 15.2. The number of halogens is 10. The standard InChI is InChI=1S/C31H30BrF9N4O3/c1-28(2,3)48-26(47)7-9-42-8-6-25(46)24-5-4-20(29(33,34)35)12-19(24)17-45(27-43-14-23(32)15-44-27)16-18-10-21(30(36,37)38)13-22(11-18)31(39,40)41/h4-5,10-15,42H,6-9,16-17H2,1-3H3. The molecule has 7 nitrogen and oxygen atoms in total. The molecule has 0 saturated carbocycles. The van der Waals surface area contributed by atoms with Crippen molar-refractivity contribution in [2.24, 2.45) is 0 Å². The first kappa shape index (κ1) is 38.7. The molecule has 0 saturated heterocycles. The number of anilines is 1. The minimum atomic E-state index is -5.14. The van der Waals surface area contributed by atoms with E-state index >= 15 is 0 Å². The van der Waals surface area contributed by atoms with E-state index in [4.69, 9.17) is 4.74 Å². The average Bonchev–Trinajstić information content (AvgIpc) is 2.94. The van der Waals surface area contributed by atoms with Gasteiger partial charge in [-0.2, -0.15) is 39.5 Å². The molecule has 0 atom stereocenters. The summed E-state index contributed by atoms with van der Waals surface area (Å²) in [5.74, 6) is -1.34. The molecule has 262 valence electrons. The van der Waals surface area contributed by atoms with Crippen molar-refractivity contribution in [1.29, 1.82) is 0 Å². The van der Waals surface area contributed by atoms with E-state index in [2.05, 4.69) is 31.2 Å². The number of carbonyl (C=O) groups is 2. The van der Waals surface area contributed by atoms with E-state index in [0.717, 1.165) is 11.0 Å². The van der Waals surface area contributed by atoms with E-state index in [0.29, 0.717) is 28.7 Å². The molecule has 0 bridgehead atoms. The number of nitrogens with zero attached hydrogens (tertiary/aromatic N) is 3. The van der Waals surface area contributed by atoms with Crippen LogP contribution >= 0.6 is 15.9 Å². The van der Waals surface area contributed by atoms with Crippen molar-refractivity contribution < 1.29 is 53.8 Å². The molecule has 17 heteroatoms. The van der Waals surface area contributed by atoms with Gasteiger partial charge in [-0.25, -0.2) is 9.97 Å². The molecular weight excluding hydrogens is 727 g/mol. The first-order valence-corrected chi connectivity index (χ1v) is 15.0. The zero-order valence-corrected chi connectivity index (χ0v) is 27.3. The van der Waals surface area contributed by atoms with Crippen molar-refractivity contribution in [1.82, 2.24) is 15.3 Å². The number of hydrogen-bond acceptors (Lipinski definition) is 7. The van der Waals surface area contributed by atoms with Crippen LogP contribution in [0, 0.1) is 0 Å². The quantitative estimate of drug-likeness (QED) is 0.0861. The highest BCUT2D eigenvalue weighted by Gasteiger charge is 2.37. The van der Waals surface area contributed by atoms with Gasteiger partial charge in [0, 0.05) is 50.6 Å². The summed E-state index contributed by atoms with van der Waals surface area (Å²) in [7, 11) is 0. The molecule has 3 rings (SSSR count). The summed E-state index contributed by atoms with van der Waals surface area (Å²) in [6.07, 6.45) is -12.9. The number of ketones is 1. The van der Waals surface area contributed by atoms with E-state index in [1.165, 1.54) is 12.4 Å². The van der Waals surface area contributed by atoms with Gasteiger partial charge in [-0.1, -0.05) is 6.07 Å². The topological polar surface area (TPSA) is 84.4 Å². The van der Waals surface area contributed by atoms with Crippen molar-refractivity contribution >= 4 is 33.6 Å². The predicted molar refractivity (Wildman–Crippen MR) is 160 cm³/mol. The normalized spacial score (nSPS) is 12.6. The molecule has 48 heavy (non-hydrogen) atoms. The summed E-state index contributed by atoms with van der Waals surface area (Å²) < 4.78 is 128. The summed E-state index contributed by atoms with van der Waals surface area (Å²) >= 11 is 3.11. The molecule has 1 aromatic heterocycles. The van der Waals surface area contributed by atoms with Gasteiger partial charge in [0.05, 0.1) is 27.6 Å². The van der Waals surface area contributed by atoms with Crippen molar-refractivity contribution in [3.8, 4) is 0 Å². The number of Topliss-reactive ketones (excluding diaryl/α,β-unsaturated/α-hetero) is 1. The van der Waals surface area contributed by atoms with Crippen molar-refractivity contribution in [3.05, 3.63) is 86.6 Å². The van der Waals surface area contributed by atoms with Crippen LogP contribution in [0.25, 0.3) is 0 Å². The molecule has 3 aromatic rings. The third-order valence-electron chi connectivity index (χ3n) is 6.46. The number of rotatable bonds is 12. The second-order valence-electron chi connectivity index (χ2n) is 11.6. The van der Waals surface area contributed by atoms with Gasteiger partial charge in [0.1, 0.15) is 5.60 Å². The van der Waals surface area contributed by atoms with Gasteiger partial charge in [-0.15, -0.1) is 0 Å². The zero-order chi connectivity index (χ0) is 36.1. The fourth-order valence-corrected chi connectivity index (χ4v) is 4.62. The van der Waals surface area contributed by atoms with E-state index in [1.54, 1.807) is 20.8 Å². The third kappa shape index (κ3) is 11.8. The Bertz CT molecular complexity index is 1550. The van der Waals surface area contributed by atoms with Crippen LogP contribution in [0.1, 0.15) is 71.8 Å². The Hall–Kier alpha value is -3.73. The van der Waals surface area contributed by atoms with Crippen LogP contribution in [0.2, 0.25) is 0 Å². The van der Waals surface area contributed by atoms with Crippen molar-refractivity contribution in [2.75, 3.05) is 18.0 Å². The lowest BCUT2D eigenvalue weighted by Gasteiger charge is -2.25. The lowest BCUT2D eigenvalue weighted by Crippen LogP contribution is -2.28. The molecule has 0 aliphatic carbocycles. The highest BCUT2D eigenvalue weighted by atomic mass is 79.9. The Morgan fingerprint density at radius 2 is 1.31 bits per heavy atom. The molecule has 0 aliphatic heterocycles. The molecule has 0 amide bonds. The van der Waals surface area contributed by atoms with Gasteiger partial charge in [-0.05, 0) is 78.2 Å². The SMILES string of the molecule is CC(C)(C)OC(=O)CCNCCC(=O)c1ccc(C(F)(F)F)cc1CN(Cc1cc(C(F)(F)F)cc(C(F)(F)F)c1)c1ncc(Br)cn1. The summed E-state index contributed by atoms with van der Waals surface area (Å²) in [5, 5.41) is 2.88. The number of benzene rings is 2. The first-order chi connectivity index (χ1) is 22.0. The van der Waals surface area contributed by atoms with E-state index in [1.807, 2.05) is 0 Å². The average molecular weight is 757 g/mol. The van der Waals surface area contributed by atoms with E-state index in [9.17, 15) is 49.1 Å². The molecule has 1 N–H and O–H groups in total. The van der Waals surface area contributed by atoms with Crippen LogP contribution in [0.3, 0.4) is 0 Å². The summed E-state index contributed by atoms with van der Waals surface area (Å²) in [5.41, 5.74) is -5.88. The lowest BCUT2D eigenvalue weighted by atomic mass is 9.97. The number of ether oxygens (including phenoxy) is 1. The maximum absolute atomic E-state index is 13.7. The number of nitrogens with one attached hydrogen (secondary N) is 1. The molecule has 1 heterocycles. The van der Waals surface area contributed by atoms with Gasteiger partial charge in [-0.3, -0.25) is 9.59 Å². The monoisotopic (exact) mass is 756 g/mol. The second-order valence-corrected chi connectivity index (χ2v) is 12.5. The Morgan fingerprint density at radius 3 is 1.83 bits per heavy atom. The maximum Gasteiger partial charge on any atom is 0.416 e. The first-order valence-electron chi connectivity index (χ1n) is 14.2. The van der Waals surface area contributed by atoms with E-state index in [-0.39, 0.29) is 49.1 Å². The van der Waals surface area contributed by atoms with Gasteiger partial charge >= 0.3 is 24.5 Å². The molecule has 0 aliphatic rings. The van der Waals surface area contributed by atoms with Gasteiger partial charge in [0.15, 0.2) is 5.78 Å². The van der Waals surface area contributed by atoms with Gasteiger partial charge < -0.3 is 15.0 Å². The van der Waals surface area contributed by atoms with Crippen LogP contribution in [-0.4, -0.2) is 40.4 Å². The van der Waals surface area contributed by atoms with Crippen LogP contribution in [0.4, 0.5) is 45.5 Å². The Morgan fingerprint density at radius 1 is 0.771 bits per heavy atom. The van der Waals surface area contributed by atoms with Crippen molar-refractivity contribution in [2.45, 2.75) is 70.8 Å². The summed E-state index contributed by atoms with van der Waals surface area (Å²) in [6, 6.07) is 3.26. The minimum Gasteiger partial charge on any atom is -0.460 e. The Labute approximate surface area is 278 Å². The molecule has 0 fully saturated rings. The predicted octanol–water partition coefficient (Wildman–Crippen LogP) is 8.40. The van der Waals surface area contributed by atoms with Crippen molar-refractivity contribution in [3.63, 3.8) is 0 Å². The zero-order valence-electron chi connectivity index (χ0n) is 25.7. The number of aromatic nitrogens is 2. The number of carbonyl (C=O) groups excluding carboxylic acids is 2. The number of alkyl halides is 9. The van der Waals surface area contributed by atoms with Crippen LogP contribution in [0.15, 0.2) is 53.3 Å². The molecule has 0 radical (unpaired) electrons. The number of esters is 1. The highest BCUT2D eigenvalue weighted by molar-refractivity contribution is 9.10. The minimum absolute atomic E-state index is 0.00919. The van der Waals surface area contributed by atoms with Crippen LogP contribution in [0.5, 0.6) is 0 Å². The van der Waals surface area contributed by atoms with Gasteiger partial charge in [0.25, 0.3) is 0 Å². The highest BCUT2D eigenvalue weighted by Crippen LogP contribution is 2.37. The van der Waals surface area contributed by atoms with E-state index < -0.39 is 71.2 Å². The molecule has 2 aromatic carbocycles. The van der Waals surface area contributed by atoms with Crippen LogP contribution < -0.4 is 10.2 Å². The number of hydrogen-bond donors (Lipinski definition) is 1. The fourth-order valence-electron chi connectivity index (χ4n) is 4.42. The van der Waals surface area contributed by atoms with Gasteiger partial charge in [0.2, 0.25) is 5.95 Å².